The number of ether oxygens (including phenoxy) is 9. The number of aromatic nitrogens is 3. The van der Waals surface area contributed by atoms with Crippen LogP contribution in [0.3, 0.4) is 0 Å². The number of hydrogen-bond donors (Lipinski definition) is 1. The average Bonchev–Trinajstić information content (AvgIpc) is 1.75. The Morgan fingerprint density at radius 1 is 0.464 bits per heavy atom. The third-order valence-electron chi connectivity index (χ3n) is 15.6. The maximum atomic E-state index is 11.4. The van der Waals surface area contributed by atoms with Gasteiger partial charge in [0.25, 0.3) is 0 Å². The number of nitriles is 5. The third kappa shape index (κ3) is 66.9. The van der Waals surface area contributed by atoms with Crippen molar-refractivity contribution in [2.45, 2.75) is 288 Å². The van der Waals surface area contributed by atoms with E-state index in [1.807, 2.05) is 180 Å². The molecule has 0 radical (unpaired) electrons. The monoisotopic (exact) mass is 1800 g/mol. The quantitative estimate of drug-likeness (QED) is 0.0336. The SMILES string of the molecule is CC(C)OCCCN1CC[C@@H](O)C1.CC(C)OCc1cc(Cl)cc(C#N)c1.CC(C)OCc1cncc(C#N)c1.CC(C)OCc1cncc(S(C)(=O)=O)c1.CC(C)c1cncc(C#N)c1.CCOC(C)C.COC(C)C.Cc1cc(C#N)cc(COC(C)C)c1.Cc1cc(COC(C)C)cc(S(C)(=O)=O)c1.O=S=O.[C-]#[N+]c1cc(C#N)cc(COC(C)C)c1. The maximum absolute atomic E-state index is 11.4. The van der Waals surface area contributed by atoms with Crippen molar-refractivity contribution >= 4 is 48.5 Å². The molecule has 1 aliphatic heterocycles. The Labute approximate surface area is 756 Å². The summed E-state index contributed by atoms with van der Waals surface area (Å²) < 4.78 is 110. The highest BCUT2D eigenvalue weighted by atomic mass is 35.5. The fraction of sp³-hybridized carbons (Fsp3) is 0.526. The van der Waals surface area contributed by atoms with Gasteiger partial charge in [0.05, 0.1) is 158 Å². The molecular formula is C95H137ClN10O16S3. The Morgan fingerprint density at radius 3 is 1.19 bits per heavy atom. The standard InChI is InChI=1S/C12H12N2O.C12H15NO.C12H18O3S.C11H12ClNO.C10H12N2O.C10H15NO3S.C10H21NO2.C9H10N2.C5H12O.C4H10O.O2S/c1-9(2)15-8-11-4-10(7-13)5-12(6-11)14-3;1-9(2)14-8-12-5-10(3)4-11(6-12)7-13;1-9(2)15-8-11-5-10(3)6-12(7-11)16(4,13)14;1-8(2)14-7-10-3-9(6-13)4-11(12)5-10;1-8(2)13-7-10-3-9(4-11)5-12-6-10;1-8(2)14-7-9-4-10(6-11-5-9)15(3,12)13;1-9(2)13-7-3-5-11-6-4-10(12)8-11;1-7(2)9-3-8(4-10)5-11-6-9;1-4-6-5(2)3;1-4(2)5-3;1-3-2/h4-6,9H,8H2,1-2H3;4-6,9H,8H2,1-3H3;5-7,9H,8H2,1-4H3;3-5,8H,7H2,1-2H3;3,5-6,8H,7H2,1-2H3;4-6,8H,7H2,1-3H3;9-10,12H,3-8H2,1-2H3;3,5-7H,1-2H3;5H,4H2,1-3H3;4H,1-3H3;/t;;;;;;10-;;;;/m......1..../s1. The molecule has 1 saturated heterocycles. The molecule has 4 heterocycles. The highest BCUT2D eigenvalue weighted by Gasteiger charge is 2.19. The van der Waals surface area contributed by atoms with E-state index in [2.05, 4.69) is 70.6 Å². The summed E-state index contributed by atoms with van der Waals surface area (Å²) in [6.07, 6.45) is 16.0. The summed E-state index contributed by atoms with van der Waals surface area (Å²) in [4.78, 5) is 18.0. The van der Waals surface area contributed by atoms with E-state index in [0.29, 0.717) is 107 Å². The average molecular weight is 1810 g/mol. The molecule has 26 nitrogen and oxygen atoms in total. The molecule has 125 heavy (non-hydrogen) atoms. The van der Waals surface area contributed by atoms with Crippen LogP contribution in [0, 0.1) is 77.1 Å². The lowest BCUT2D eigenvalue weighted by Crippen LogP contribution is -2.24. The summed E-state index contributed by atoms with van der Waals surface area (Å²) in [5, 5.41) is 53.3. The van der Waals surface area contributed by atoms with Crippen LogP contribution in [0.25, 0.3) is 4.85 Å². The van der Waals surface area contributed by atoms with Crippen LogP contribution in [0.4, 0.5) is 5.69 Å². The van der Waals surface area contributed by atoms with Gasteiger partial charge in [0.1, 0.15) is 12.1 Å². The number of aliphatic hydroxyl groups is 1. The van der Waals surface area contributed by atoms with Crippen LogP contribution >= 0.6 is 11.6 Å². The molecular weight excluding hydrogens is 1670 g/mol. The molecule has 30 heteroatoms. The van der Waals surface area contributed by atoms with Crippen LogP contribution in [0.1, 0.15) is 242 Å². The first kappa shape index (κ1) is 120. The number of rotatable bonds is 29. The van der Waals surface area contributed by atoms with Crippen molar-refractivity contribution in [3.8, 4) is 30.3 Å². The first-order chi connectivity index (χ1) is 58.6. The van der Waals surface area contributed by atoms with E-state index in [0.717, 1.165) is 102 Å². The Morgan fingerprint density at radius 2 is 0.816 bits per heavy atom. The number of β-amino-alcohol motifs (C(OH)–C–C–N with tert-alkyl or cyclic N) is 1. The minimum atomic E-state index is -3.18. The van der Waals surface area contributed by atoms with Gasteiger partial charge in [0.15, 0.2) is 25.4 Å². The Balaban J connectivity index is -0.00000133. The Hall–Kier alpha value is -9.16. The lowest BCUT2D eigenvalue weighted by atomic mass is 10.0. The van der Waals surface area contributed by atoms with E-state index in [4.69, 9.17) is 95.5 Å². The summed E-state index contributed by atoms with van der Waals surface area (Å²) in [5.41, 5.74) is 12.1. The molecule has 3 aromatic heterocycles. The molecule has 0 unspecified atom stereocenters. The summed E-state index contributed by atoms with van der Waals surface area (Å²) in [6, 6.07) is 37.0. The zero-order valence-corrected chi connectivity index (χ0v) is 81.5. The molecule has 0 saturated carbocycles. The van der Waals surface area contributed by atoms with Gasteiger partial charge in [-0.1, -0.05) is 43.6 Å². The topological polar surface area (TPSA) is 371 Å². The number of halogens is 1. The Bertz CT molecular complexity index is 4610. The second-order valence-corrected chi connectivity index (χ2v) is 35.7. The lowest BCUT2D eigenvalue weighted by molar-refractivity contribution is 0.0653. The normalized spacial score (nSPS) is 11.8. The molecule has 1 fully saturated rings. The van der Waals surface area contributed by atoms with Crippen molar-refractivity contribution in [2.75, 3.05) is 52.5 Å². The van der Waals surface area contributed by atoms with E-state index in [1.165, 1.54) is 12.5 Å². The molecule has 0 amide bonds. The van der Waals surface area contributed by atoms with Crippen molar-refractivity contribution < 1.29 is 73.0 Å². The maximum Gasteiger partial charge on any atom is 0.335 e. The van der Waals surface area contributed by atoms with Crippen molar-refractivity contribution in [3.05, 3.63) is 223 Å². The predicted molar refractivity (Wildman–Crippen MR) is 493 cm³/mol. The smallest absolute Gasteiger partial charge is 0.335 e. The largest absolute Gasteiger partial charge is 0.392 e. The second kappa shape index (κ2) is 70.0. The highest BCUT2D eigenvalue weighted by Crippen LogP contribution is 2.22. The minimum Gasteiger partial charge on any atom is -0.392 e. The van der Waals surface area contributed by atoms with Crippen molar-refractivity contribution in [2.24, 2.45) is 0 Å². The number of methoxy groups -OCH3 is 1. The summed E-state index contributed by atoms with van der Waals surface area (Å²) in [5.74, 6) is 0.441. The van der Waals surface area contributed by atoms with E-state index >= 15 is 0 Å². The first-order valence-electron chi connectivity index (χ1n) is 41.2. The van der Waals surface area contributed by atoms with Crippen molar-refractivity contribution in [3.63, 3.8) is 0 Å². The number of pyridine rings is 3. The van der Waals surface area contributed by atoms with Gasteiger partial charge in [0.2, 0.25) is 0 Å². The number of nitrogens with zero attached hydrogens (tertiary/aromatic N) is 10. The molecule has 688 valence electrons. The van der Waals surface area contributed by atoms with Gasteiger partial charge in [-0.25, -0.2) is 21.7 Å². The number of benzene rings is 4. The number of sulfone groups is 2. The van der Waals surface area contributed by atoms with Crippen LogP contribution < -0.4 is 0 Å². The van der Waals surface area contributed by atoms with E-state index in [1.54, 1.807) is 92.7 Å². The molecule has 7 aromatic rings. The Kier molecular flexibility index (Phi) is 67.2. The molecule has 1 N–H and O–H groups in total. The molecule has 0 spiro atoms. The summed E-state index contributed by atoms with van der Waals surface area (Å²) in [6.45, 7) is 60.1. The molecule has 8 rings (SSSR count). The van der Waals surface area contributed by atoms with Gasteiger partial charge < -0.3 is 52.6 Å². The van der Waals surface area contributed by atoms with Gasteiger partial charge in [-0.15, -0.1) is 0 Å². The molecule has 0 aliphatic carbocycles. The predicted octanol–water partition coefficient (Wildman–Crippen LogP) is 19.3. The summed E-state index contributed by atoms with van der Waals surface area (Å²) >= 11 is 5.09. The number of aryl methyl sites for hydroxylation is 2. The van der Waals surface area contributed by atoms with Crippen molar-refractivity contribution in [1.29, 1.82) is 26.3 Å². The highest BCUT2D eigenvalue weighted by molar-refractivity contribution is 7.91. The van der Waals surface area contributed by atoms with E-state index in [-0.39, 0.29) is 47.6 Å². The zero-order valence-electron chi connectivity index (χ0n) is 78.3. The summed E-state index contributed by atoms with van der Waals surface area (Å²) in [7, 11) is -4.62. The number of aliphatic hydroxyl groups excluding tert-OH is 1. The third-order valence-corrected chi connectivity index (χ3v) is 18.0. The second-order valence-electron chi connectivity index (χ2n) is 31.1. The van der Waals surface area contributed by atoms with Crippen molar-refractivity contribution in [1.82, 2.24) is 19.9 Å². The van der Waals surface area contributed by atoms with Crippen LogP contribution in [-0.4, -0.2) is 164 Å². The van der Waals surface area contributed by atoms with Gasteiger partial charge >= 0.3 is 11.6 Å². The molecule has 1 atom stereocenters. The molecule has 1 aliphatic rings. The van der Waals surface area contributed by atoms with Gasteiger partial charge in [0, 0.05) is 100 Å². The van der Waals surface area contributed by atoms with Crippen LogP contribution in [0.15, 0.2) is 138 Å². The number of likely N-dealkylation sites (tertiary alicyclic amines) is 1. The van der Waals surface area contributed by atoms with Gasteiger partial charge in [-0.05, 0) is 287 Å². The van der Waals surface area contributed by atoms with Crippen LogP contribution in [-0.2, 0) is 114 Å². The molecule has 4 aromatic carbocycles. The van der Waals surface area contributed by atoms with Gasteiger partial charge in [-0.2, -0.15) is 34.7 Å². The zero-order chi connectivity index (χ0) is 95.8. The lowest BCUT2D eigenvalue weighted by Gasteiger charge is -2.15. The number of hydrogen-bond acceptors (Lipinski definition) is 25. The fourth-order valence-electron chi connectivity index (χ4n) is 9.56. The fourth-order valence-corrected chi connectivity index (χ4v) is 11.2. The van der Waals surface area contributed by atoms with E-state index in [9.17, 15) is 21.9 Å². The van der Waals surface area contributed by atoms with E-state index < -0.39 is 31.2 Å². The van der Waals surface area contributed by atoms with Crippen LogP contribution in [0.2, 0.25) is 5.02 Å². The first-order valence-corrected chi connectivity index (χ1v) is 46.0. The van der Waals surface area contributed by atoms with Crippen LogP contribution in [0.5, 0.6) is 0 Å². The molecule has 0 bridgehead atoms. The minimum absolute atomic E-state index is 0.0917. The van der Waals surface area contributed by atoms with Gasteiger partial charge in [-0.3, -0.25) is 15.0 Å².